The largest absolute Gasteiger partial charge is 0.477 e. The fourth-order valence-electron chi connectivity index (χ4n) is 2.12. The zero-order valence-corrected chi connectivity index (χ0v) is 11.5. The van der Waals surface area contributed by atoms with Gasteiger partial charge < -0.3 is 5.11 Å². The van der Waals surface area contributed by atoms with Gasteiger partial charge in [-0.05, 0) is 25.5 Å². The molecular weight excluding hydrogens is 258 g/mol. The molecule has 0 fully saturated rings. The van der Waals surface area contributed by atoms with Crippen LogP contribution in [0.4, 0.5) is 0 Å². The van der Waals surface area contributed by atoms with Gasteiger partial charge >= 0.3 is 5.97 Å². The van der Waals surface area contributed by atoms with Crippen LogP contribution >= 0.6 is 0 Å². The molecule has 0 spiro atoms. The van der Waals surface area contributed by atoms with Crippen molar-refractivity contribution in [2.45, 2.75) is 33.4 Å². The topological polar surface area (TPSA) is 77.1 Å². The smallest absolute Gasteiger partial charge is 0.352 e. The number of nitrogens with zero attached hydrogens (tertiary/aromatic N) is 3. The average Bonchev–Trinajstić information content (AvgIpc) is 2.83. The van der Waals surface area contributed by atoms with Crippen LogP contribution in [-0.4, -0.2) is 25.4 Å². The van der Waals surface area contributed by atoms with Gasteiger partial charge in [-0.25, -0.2) is 4.79 Å². The summed E-state index contributed by atoms with van der Waals surface area (Å²) in [4.78, 5) is 23.1. The SMILES string of the molecule is CCc1cc(Cn2c(C(=O)O)cccc2=O)n(CC)n1. The van der Waals surface area contributed by atoms with Crippen LogP contribution in [0.25, 0.3) is 0 Å². The van der Waals surface area contributed by atoms with Gasteiger partial charge in [0.15, 0.2) is 0 Å². The maximum absolute atomic E-state index is 11.9. The number of aryl methyl sites for hydroxylation is 2. The van der Waals surface area contributed by atoms with Crippen molar-refractivity contribution < 1.29 is 9.90 Å². The number of carboxylic acid groups (broad SMARTS) is 1. The molecule has 1 N–H and O–H groups in total. The van der Waals surface area contributed by atoms with E-state index in [1.807, 2.05) is 19.9 Å². The van der Waals surface area contributed by atoms with Gasteiger partial charge in [0.1, 0.15) is 5.69 Å². The van der Waals surface area contributed by atoms with Crippen LogP contribution in [0, 0.1) is 0 Å². The Balaban J connectivity index is 2.47. The summed E-state index contributed by atoms with van der Waals surface area (Å²) in [5.41, 5.74) is 1.43. The van der Waals surface area contributed by atoms with Crippen LogP contribution in [0.3, 0.4) is 0 Å². The Morgan fingerprint density at radius 1 is 1.35 bits per heavy atom. The molecule has 0 radical (unpaired) electrons. The molecule has 0 aliphatic carbocycles. The van der Waals surface area contributed by atoms with Crippen molar-refractivity contribution >= 4 is 5.97 Å². The minimum Gasteiger partial charge on any atom is -0.477 e. The average molecular weight is 275 g/mol. The van der Waals surface area contributed by atoms with Crippen LogP contribution in [-0.2, 0) is 19.5 Å². The molecule has 0 amide bonds. The molecule has 6 heteroatoms. The monoisotopic (exact) mass is 275 g/mol. The molecule has 0 aromatic carbocycles. The quantitative estimate of drug-likeness (QED) is 0.894. The van der Waals surface area contributed by atoms with Gasteiger partial charge in [-0.3, -0.25) is 14.0 Å². The highest BCUT2D eigenvalue weighted by molar-refractivity contribution is 5.85. The summed E-state index contributed by atoms with van der Waals surface area (Å²) in [5, 5.41) is 13.6. The molecule has 0 saturated heterocycles. The van der Waals surface area contributed by atoms with Crippen molar-refractivity contribution in [2.75, 3.05) is 0 Å². The number of carbonyl (C=O) groups is 1. The first kappa shape index (κ1) is 14.0. The van der Waals surface area contributed by atoms with E-state index >= 15 is 0 Å². The fourth-order valence-corrected chi connectivity index (χ4v) is 2.12. The standard InChI is InChI=1S/C14H17N3O3/c1-3-10-8-11(17(4-2)15-10)9-16-12(14(19)20)6-5-7-13(16)18/h5-8H,3-4,9H2,1-2H3,(H,19,20). The zero-order valence-electron chi connectivity index (χ0n) is 11.5. The molecule has 0 aliphatic heterocycles. The normalized spacial score (nSPS) is 10.7. The molecule has 106 valence electrons. The first-order chi connectivity index (χ1) is 9.56. The molecular formula is C14H17N3O3. The highest BCUT2D eigenvalue weighted by Gasteiger charge is 2.13. The third-order valence-corrected chi connectivity index (χ3v) is 3.16. The van der Waals surface area contributed by atoms with Crippen molar-refractivity contribution in [1.29, 1.82) is 0 Å². The van der Waals surface area contributed by atoms with Gasteiger partial charge in [0, 0.05) is 12.6 Å². The van der Waals surface area contributed by atoms with Gasteiger partial charge in [-0.2, -0.15) is 5.10 Å². The van der Waals surface area contributed by atoms with E-state index in [9.17, 15) is 9.59 Å². The first-order valence-corrected chi connectivity index (χ1v) is 6.55. The first-order valence-electron chi connectivity index (χ1n) is 6.55. The molecule has 6 nitrogen and oxygen atoms in total. The van der Waals surface area contributed by atoms with Crippen LogP contribution in [0.2, 0.25) is 0 Å². The summed E-state index contributed by atoms with van der Waals surface area (Å²) in [7, 11) is 0. The lowest BCUT2D eigenvalue weighted by molar-refractivity contribution is 0.0684. The van der Waals surface area contributed by atoms with Crippen LogP contribution in [0.15, 0.2) is 29.1 Å². The number of hydrogen-bond acceptors (Lipinski definition) is 3. The van der Waals surface area contributed by atoms with E-state index in [1.54, 1.807) is 4.68 Å². The van der Waals surface area contributed by atoms with E-state index in [2.05, 4.69) is 5.10 Å². The lowest BCUT2D eigenvalue weighted by Crippen LogP contribution is -2.26. The number of rotatable bonds is 5. The predicted molar refractivity (Wildman–Crippen MR) is 74.0 cm³/mol. The van der Waals surface area contributed by atoms with E-state index in [0.29, 0.717) is 6.54 Å². The minimum absolute atomic E-state index is 0.0144. The zero-order chi connectivity index (χ0) is 14.7. The molecule has 0 unspecified atom stereocenters. The van der Waals surface area contributed by atoms with Gasteiger partial charge in [-0.15, -0.1) is 0 Å². The summed E-state index contributed by atoms with van der Waals surface area (Å²) in [5.74, 6) is -1.11. The van der Waals surface area contributed by atoms with Crippen molar-refractivity contribution in [3.8, 4) is 0 Å². The molecule has 0 bridgehead atoms. The number of aromatic nitrogens is 3. The molecule has 20 heavy (non-hydrogen) atoms. The molecule has 0 aliphatic rings. The second-order valence-corrected chi connectivity index (χ2v) is 4.44. The van der Waals surface area contributed by atoms with E-state index in [-0.39, 0.29) is 17.8 Å². The summed E-state index contributed by atoms with van der Waals surface area (Å²) >= 11 is 0. The van der Waals surface area contributed by atoms with E-state index in [0.717, 1.165) is 17.8 Å². The lowest BCUT2D eigenvalue weighted by atomic mass is 10.2. The van der Waals surface area contributed by atoms with Gasteiger partial charge in [0.25, 0.3) is 5.56 Å². The third-order valence-electron chi connectivity index (χ3n) is 3.16. The van der Waals surface area contributed by atoms with Crippen LogP contribution in [0.5, 0.6) is 0 Å². The van der Waals surface area contributed by atoms with Crippen molar-refractivity contribution in [3.63, 3.8) is 0 Å². The number of carboxylic acids is 1. The Hall–Kier alpha value is -2.37. The van der Waals surface area contributed by atoms with E-state index in [1.165, 1.54) is 22.8 Å². The number of aromatic carboxylic acids is 1. The van der Waals surface area contributed by atoms with Crippen LogP contribution in [0.1, 0.15) is 35.7 Å². The lowest BCUT2D eigenvalue weighted by Gasteiger charge is -2.10. The van der Waals surface area contributed by atoms with Gasteiger partial charge in [0.05, 0.1) is 17.9 Å². The second kappa shape index (κ2) is 5.73. The molecule has 0 saturated carbocycles. The highest BCUT2D eigenvalue weighted by atomic mass is 16.4. The highest BCUT2D eigenvalue weighted by Crippen LogP contribution is 2.08. The fraction of sp³-hybridized carbons (Fsp3) is 0.357. The molecule has 2 aromatic heterocycles. The van der Waals surface area contributed by atoms with Crippen LogP contribution < -0.4 is 5.56 Å². The number of pyridine rings is 1. The van der Waals surface area contributed by atoms with Gasteiger partial charge in [0.2, 0.25) is 0 Å². The van der Waals surface area contributed by atoms with E-state index in [4.69, 9.17) is 5.11 Å². The van der Waals surface area contributed by atoms with Gasteiger partial charge in [-0.1, -0.05) is 13.0 Å². The Bertz CT molecular complexity index is 685. The Morgan fingerprint density at radius 3 is 2.70 bits per heavy atom. The van der Waals surface area contributed by atoms with E-state index < -0.39 is 5.97 Å². The maximum Gasteiger partial charge on any atom is 0.352 e. The van der Waals surface area contributed by atoms with Crippen molar-refractivity contribution in [2.24, 2.45) is 0 Å². The molecule has 2 aromatic rings. The third kappa shape index (κ3) is 2.64. The molecule has 2 rings (SSSR count). The Kier molecular flexibility index (Phi) is 4.02. The predicted octanol–water partition coefficient (Wildman–Crippen LogP) is 1.37. The van der Waals surface area contributed by atoms with Crippen molar-refractivity contribution in [3.05, 3.63) is 51.7 Å². The summed E-state index contributed by atoms with van der Waals surface area (Å²) < 4.78 is 3.05. The second-order valence-electron chi connectivity index (χ2n) is 4.44. The number of hydrogen-bond donors (Lipinski definition) is 1. The Labute approximate surface area is 116 Å². The summed E-state index contributed by atoms with van der Waals surface area (Å²) in [6, 6.07) is 6.16. The Morgan fingerprint density at radius 2 is 2.10 bits per heavy atom. The molecule has 0 atom stereocenters. The minimum atomic E-state index is -1.11. The summed E-state index contributed by atoms with van der Waals surface area (Å²) in [6.45, 7) is 4.85. The van der Waals surface area contributed by atoms with Crippen molar-refractivity contribution in [1.82, 2.24) is 14.3 Å². The molecule has 2 heterocycles. The maximum atomic E-state index is 11.9. The summed E-state index contributed by atoms with van der Waals surface area (Å²) in [6.07, 6.45) is 0.801.